The van der Waals surface area contributed by atoms with Crippen molar-refractivity contribution >= 4 is 11.5 Å². The summed E-state index contributed by atoms with van der Waals surface area (Å²) in [5.41, 5.74) is -0.479. The maximum absolute atomic E-state index is 14.9. The predicted molar refractivity (Wildman–Crippen MR) is 136 cm³/mol. The van der Waals surface area contributed by atoms with Gasteiger partial charge in [-0.25, -0.2) is 18.2 Å². The smallest absolute Gasteiger partial charge is 0.149 e. The lowest BCUT2D eigenvalue weighted by Gasteiger charge is -2.32. The van der Waals surface area contributed by atoms with E-state index in [9.17, 15) is 13.2 Å². The third-order valence-electron chi connectivity index (χ3n) is 7.13. The molecule has 0 bridgehead atoms. The van der Waals surface area contributed by atoms with Gasteiger partial charge in [-0.15, -0.1) is 0 Å². The first-order valence-electron chi connectivity index (χ1n) is 12.8. The number of halogens is 3. The van der Waals surface area contributed by atoms with Gasteiger partial charge in [0.25, 0.3) is 0 Å². The number of nitrogens with zero attached hydrogens (tertiary/aromatic N) is 1. The second-order valence-electron chi connectivity index (χ2n) is 10.1. The summed E-state index contributed by atoms with van der Waals surface area (Å²) in [4.78, 5) is 4.23. The van der Waals surface area contributed by atoms with Crippen molar-refractivity contribution in [1.82, 2.24) is 10.3 Å². The van der Waals surface area contributed by atoms with Crippen molar-refractivity contribution in [2.75, 3.05) is 44.1 Å². The molecule has 2 aliphatic rings. The average Bonchev–Trinajstić information content (AvgIpc) is 2.87. The average molecular weight is 507 g/mol. The molecule has 1 aromatic carbocycles. The van der Waals surface area contributed by atoms with Gasteiger partial charge in [-0.3, -0.25) is 0 Å². The van der Waals surface area contributed by atoms with Crippen LogP contribution in [0.15, 0.2) is 30.5 Å². The molecular weight excluding hydrogens is 469 g/mol. The predicted octanol–water partition coefficient (Wildman–Crippen LogP) is 5.31. The van der Waals surface area contributed by atoms with Crippen LogP contribution in [0.1, 0.15) is 45.4 Å². The summed E-state index contributed by atoms with van der Waals surface area (Å²) in [5.74, 6) is -0.420. The van der Waals surface area contributed by atoms with Crippen molar-refractivity contribution in [1.29, 1.82) is 0 Å². The molecule has 2 fully saturated rings. The van der Waals surface area contributed by atoms with Gasteiger partial charge in [-0.2, -0.15) is 0 Å². The Labute approximate surface area is 211 Å². The minimum Gasteiger partial charge on any atom is -0.383 e. The Hall–Kier alpha value is -2.36. The second kappa shape index (κ2) is 12.3. The quantitative estimate of drug-likeness (QED) is 0.406. The Morgan fingerprint density at radius 1 is 1.08 bits per heavy atom. The fourth-order valence-corrected chi connectivity index (χ4v) is 5.05. The number of methoxy groups -OCH3 is 1. The van der Waals surface area contributed by atoms with Crippen molar-refractivity contribution in [3.05, 3.63) is 42.1 Å². The molecule has 0 amide bonds. The SMILES string of the molecule is COC[C@@H](C)NC1CCC(Nc2cc(-c3ccc(F)c(NCC4(F)CCOCC4)c3)c(F)cn2)CC1. The fourth-order valence-electron chi connectivity index (χ4n) is 5.05. The summed E-state index contributed by atoms with van der Waals surface area (Å²) in [7, 11) is 1.71. The lowest BCUT2D eigenvalue weighted by atomic mass is 9.90. The largest absolute Gasteiger partial charge is 0.383 e. The summed E-state index contributed by atoms with van der Waals surface area (Å²) >= 11 is 0. The van der Waals surface area contributed by atoms with Crippen LogP contribution in [0.2, 0.25) is 0 Å². The molecule has 1 aliphatic heterocycles. The van der Waals surface area contributed by atoms with E-state index in [1.807, 2.05) is 0 Å². The van der Waals surface area contributed by atoms with Gasteiger partial charge in [0.05, 0.1) is 18.5 Å². The van der Waals surface area contributed by atoms with Crippen LogP contribution < -0.4 is 16.0 Å². The number of benzene rings is 1. The van der Waals surface area contributed by atoms with E-state index in [1.54, 1.807) is 13.2 Å². The van der Waals surface area contributed by atoms with E-state index in [4.69, 9.17) is 9.47 Å². The molecule has 36 heavy (non-hydrogen) atoms. The highest BCUT2D eigenvalue weighted by molar-refractivity contribution is 5.71. The molecule has 4 rings (SSSR count). The molecule has 198 valence electrons. The lowest BCUT2D eigenvalue weighted by molar-refractivity contribution is -0.00117. The summed E-state index contributed by atoms with van der Waals surface area (Å²) in [6, 6.07) is 7.01. The van der Waals surface area contributed by atoms with Crippen molar-refractivity contribution in [2.24, 2.45) is 0 Å². The van der Waals surface area contributed by atoms with Gasteiger partial charge in [0.15, 0.2) is 0 Å². The number of hydrogen-bond acceptors (Lipinski definition) is 6. The molecule has 0 radical (unpaired) electrons. The van der Waals surface area contributed by atoms with Crippen molar-refractivity contribution < 1.29 is 22.6 Å². The monoisotopic (exact) mass is 506 g/mol. The van der Waals surface area contributed by atoms with Crippen LogP contribution in [-0.4, -0.2) is 62.3 Å². The Kier molecular flexibility index (Phi) is 9.09. The molecule has 3 N–H and O–H groups in total. The van der Waals surface area contributed by atoms with Gasteiger partial charge < -0.3 is 25.4 Å². The van der Waals surface area contributed by atoms with Gasteiger partial charge in [0, 0.05) is 63.4 Å². The zero-order valence-electron chi connectivity index (χ0n) is 21.1. The van der Waals surface area contributed by atoms with Crippen LogP contribution in [0, 0.1) is 11.6 Å². The number of nitrogens with one attached hydrogen (secondary N) is 3. The number of hydrogen-bond donors (Lipinski definition) is 3. The Balaban J connectivity index is 1.39. The van der Waals surface area contributed by atoms with Crippen molar-refractivity contribution in [3.8, 4) is 11.1 Å². The third-order valence-corrected chi connectivity index (χ3v) is 7.13. The maximum Gasteiger partial charge on any atom is 0.149 e. The molecule has 1 atom stereocenters. The van der Waals surface area contributed by atoms with Gasteiger partial charge in [-0.05, 0) is 56.4 Å². The first-order valence-corrected chi connectivity index (χ1v) is 12.8. The zero-order chi connectivity index (χ0) is 25.5. The fraction of sp³-hybridized carbons (Fsp3) is 0.593. The number of alkyl halides is 1. The van der Waals surface area contributed by atoms with Crippen LogP contribution in [0.5, 0.6) is 0 Å². The first kappa shape index (κ1) is 26.7. The number of anilines is 2. The highest BCUT2D eigenvalue weighted by atomic mass is 19.1. The number of rotatable bonds is 10. The zero-order valence-corrected chi connectivity index (χ0v) is 21.1. The number of ether oxygens (including phenoxy) is 2. The molecule has 0 spiro atoms. The highest BCUT2D eigenvalue weighted by Gasteiger charge is 2.32. The summed E-state index contributed by atoms with van der Waals surface area (Å²) < 4.78 is 54.6. The van der Waals surface area contributed by atoms with Crippen LogP contribution in [0.4, 0.5) is 24.7 Å². The van der Waals surface area contributed by atoms with E-state index in [-0.39, 0.29) is 31.1 Å². The van der Waals surface area contributed by atoms with E-state index in [1.165, 1.54) is 24.4 Å². The molecule has 1 aliphatic carbocycles. The Bertz CT molecular complexity index is 995. The van der Waals surface area contributed by atoms with Crippen molar-refractivity contribution in [3.63, 3.8) is 0 Å². The van der Waals surface area contributed by atoms with E-state index in [2.05, 4.69) is 27.9 Å². The van der Waals surface area contributed by atoms with Crippen LogP contribution in [0.3, 0.4) is 0 Å². The van der Waals surface area contributed by atoms with Gasteiger partial charge >= 0.3 is 0 Å². The van der Waals surface area contributed by atoms with E-state index in [0.717, 1.165) is 25.7 Å². The van der Waals surface area contributed by atoms with Crippen LogP contribution >= 0.6 is 0 Å². The highest BCUT2D eigenvalue weighted by Crippen LogP contribution is 2.31. The maximum atomic E-state index is 14.9. The molecule has 0 unspecified atom stereocenters. The topological polar surface area (TPSA) is 67.4 Å². The molecular formula is C27H37F3N4O2. The van der Waals surface area contributed by atoms with Crippen molar-refractivity contribution in [2.45, 2.75) is 69.2 Å². The van der Waals surface area contributed by atoms with E-state index in [0.29, 0.717) is 48.8 Å². The molecule has 1 aromatic heterocycles. The molecule has 1 saturated heterocycles. The minimum atomic E-state index is -1.45. The lowest BCUT2D eigenvalue weighted by Crippen LogP contribution is -2.42. The Morgan fingerprint density at radius 3 is 2.53 bits per heavy atom. The van der Waals surface area contributed by atoms with Gasteiger partial charge in [0.2, 0.25) is 0 Å². The molecule has 9 heteroatoms. The minimum absolute atomic E-state index is 0.0237. The Morgan fingerprint density at radius 2 is 1.81 bits per heavy atom. The summed E-state index contributed by atoms with van der Waals surface area (Å²) in [6.07, 6.45) is 5.74. The van der Waals surface area contributed by atoms with E-state index >= 15 is 0 Å². The van der Waals surface area contributed by atoms with Gasteiger partial charge in [0.1, 0.15) is 23.1 Å². The third kappa shape index (κ3) is 7.11. The summed E-state index contributed by atoms with van der Waals surface area (Å²) in [6.45, 7) is 3.48. The van der Waals surface area contributed by atoms with Crippen LogP contribution in [0.25, 0.3) is 11.1 Å². The standard InChI is InChI=1S/C27H37F3N4O2/c1-18(16-35-2)33-20-4-6-21(7-5-20)34-26-14-22(24(29)15-31-26)19-3-8-23(28)25(13-19)32-17-27(30)9-11-36-12-10-27/h3,8,13-15,18,20-21,32-33H,4-7,9-12,16-17H2,1-2H3,(H,31,34)/t18-,20?,21?/m1/s1. The van der Waals surface area contributed by atoms with E-state index < -0.39 is 17.3 Å². The molecule has 2 aromatic rings. The molecule has 6 nitrogen and oxygen atoms in total. The summed E-state index contributed by atoms with van der Waals surface area (Å²) in [5, 5.41) is 9.92. The molecule has 1 saturated carbocycles. The number of aromatic nitrogens is 1. The first-order chi connectivity index (χ1) is 17.3. The van der Waals surface area contributed by atoms with Crippen LogP contribution in [-0.2, 0) is 9.47 Å². The number of pyridine rings is 1. The normalized spacial score (nSPS) is 22.7. The second-order valence-corrected chi connectivity index (χ2v) is 10.1. The van der Waals surface area contributed by atoms with Gasteiger partial charge in [-0.1, -0.05) is 6.07 Å². The molecule has 2 heterocycles.